The lowest BCUT2D eigenvalue weighted by atomic mass is 10.1. The van der Waals surface area contributed by atoms with E-state index < -0.39 is 17.7 Å². The van der Waals surface area contributed by atoms with Crippen LogP contribution >= 0.6 is 11.6 Å². The Morgan fingerprint density at radius 2 is 1.79 bits per heavy atom. The molecule has 0 spiro atoms. The van der Waals surface area contributed by atoms with Gasteiger partial charge in [-0.05, 0) is 57.3 Å². The van der Waals surface area contributed by atoms with Gasteiger partial charge in [-0.2, -0.15) is 0 Å². The number of fused-ring (bicyclic) bond motifs is 1. The Morgan fingerprint density at radius 3 is 2.43 bits per heavy atom. The van der Waals surface area contributed by atoms with Gasteiger partial charge in [0.05, 0.1) is 16.1 Å². The standard InChI is InChI=1S/C22H23ClN2O3/c1-14(28-21(27)24-22(2,3)4)18-13-15-9-8-12-17(23)19(15)20(26)25(18)16-10-6-5-7-11-16/h5-14H,1-4H3,(H,24,27)/t14-/m0/s1. The normalized spacial score (nSPS) is 12.6. The number of carbonyl (C=O) groups is 1. The first-order valence-corrected chi connectivity index (χ1v) is 9.43. The summed E-state index contributed by atoms with van der Waals surface area (Å²) in [6.07, 6.45) is -1.20. The van der Waals surface area contributed by atoms with Crippen LogP contribution in [0.25, 0.3) is 16.5 Å². The molecule has 0 aliphatic heterocycles. The van der Waals surface area contributed by atoms with Crippen LogP contribution in [0.4, 0.5) is 4.79 Å². The lowest BCUT2D eigenvalue weighted by Gasteiger charge is -2.24. The molecule has 0 radical (unpaired) electrons. The number of benzene rings is 2. The van der Waals surface area contributed by atoms with E-state index in [0.717, 1.165) is 0 Å². The summed E-state index contributed by atoms with van der Waals surface area (Å²) in [5.41, 5.74) is 0.564. The third kappa shape index (κ3) is 4.20. The van der Waals surface area contributed by atoms with Crippen LogP contribution < -0.4 is 10.9 Å². The summed E-state index contributed by atoms with van der Waals surface area (Å²) in [7, 11) is 0. The number of pyridine rings is 1. The molecule has 3 rings (SSSR count). The van der Waals surface area contributed by atoms with E-state index in [1.807, 2.05) is 63.2 Å². The van der Waals surface area contributed by atoms with Crippen LogP contribution in [0, 0.1) is 0 Å². The van der Waals surface area contributed by atoms with Crippen LogP contribution in [0.2, 0.25) is 5.02 Å². The topological polar surface area (TPSA) is 60.3 Å². The number of rotatable bonds is 3. The third-order valence-corrected chi connectivity index (χ3v) is 4.53. The van der Waals surface area contributed by atoms with Crippen LogP contribution in [0.15, 0.2) is 59.4 Å². The molecule has 6 heteroatoms. The average Bonchev–Trinajstić information content (AvgIpc) is 2.60. The van der Waals surface area contributed by atoms with Crippen molar-refractivity contribution in [3.8, 4) is 5.69 Å². The van der Waals surface area contributed by atoms with Gasteiger partial charge in [0.1, 0.15) is 6.10 Å². The fourth-order valence-electron chi connectivity index (χ4n) is 3.04. The van der Waals surface area contributed by atoms with Gasteiger partial charge >= 0.3 is 6.09 Å². The summed E-state index contributed by atoms with van der Waals surface area (Å²) in [6, 6.07) is 16.4. The molecule has 0 fully saturated rings. The second-order valence-corrected chi connectivity index (χ2v) is 8.08. The number of aromatic nitrogens is 1. The minimum absolute atomic E-state index is 0.254. The molecule has 1 amide bonds. The fraction of sp³-hybridized carbons (Fsp3) is 0.273. The molecule has 28 heavy (non-hydrogen) atoms. The molecule has 0 aliphatic rings. The predicted octanol–water partition coefficient (Wildman–Crippen LogP) is 5.23. The van der Waals surface area contributed by atoms with Crippen LogP contribution in [-0.2, 0) is 4.74 Å². The molecule has 3 aromatic rings. The highest BCUT2D eigenvalue weighted by molar-refractivity contribution is 6.35. The van der Waals surface area contributed by atoms with Crippen molar-refractivity contribution in [2.24, 2.45) is 0 Å². The Bertz CT molecular complexity index is 1070. The lowest BCUT2D eigenvalue weighted by Crippen LogP contribution is -2.41. The van der Waals surface area contributed by atoms with E-state index in [0.29, 0.717) is 27.2 Å². The van der Waals surface area contributed by atoms with Crippen molar-refractivity contribution < 1.29 is 9.53 Å². The van der Waals surface area contributed by atoms with Gasteiger partial charge in [-0.3, -0.25) is 9.36 Å². The number of amides is 1. The molecule has 146 valence electrons. The second-order valence-electron chi connectivity index (χ2n) is 7.67. The molecule has 1 N–H and O–H groups in total. The molecular weight excluding hydrogens is 376 g/mol. The molecular formula is C22H23ClN2O3. The van der Waals surface area contributed by atoms with E-state index >= 15 is 0 Å². The Morgan fingerprint density at radius 1 is 1.11 bits per heavy atom. The van der Waals surface area contributed by atoms with E-state index in [4.69, 9.17) is 16.3 Å². The highest BCUT2D eigenvalue weighted by Crippen LogP contribution is 2.26. The first-order valence-electron chi connectivity index (χ1n) is 9.06. The van der Waals surface area contributed by atoms with Gasteiger partial charge in [0.15, 0.2) is 0 Å². The van der Waals surface area contributed by atoms with Crippen molar-refractivity contribution in [3.63, 3.8) is 0 Å². The number of para-hydroxylation sites is 1. The maximum Gasteiger partial charge on any atom is 0.408 e. The number of hydrogen-bond acceptors (Lipinski definition) is 3. The van der Waals surface area contributed by atoms with Gasteiger partial charge in [0.2, 0.25) is 0 Å². The molecule has 0 saturated carbocycles. The Labute approximate surface area is 168 Å². The quantitative estimate of drug-likeness (QED) is 0.657. The maximum atomic E-state index is 13.3. The largest absolute Gasteiger partial charge is 0.440 e. The third-order valence-electron chi connectivity index (χ3n) is 4.22. The molecule has 0 aliphatic carbocycles. The zero-order valence-electron chi connectivity index (χ0n) is 16.3. The molecule has 0 unspecified atom stereocenters. The lowest BCUT2D eigenvalue weighted by molar-refractivity contribution is 0.0969. The van der Waals surface area contributed by atoms with Crippen molar-refractivity contribution in [1.29, 1.82) is 0 Å². The Hall–Kier alpha value is -2.79. The van der Waals surface area contributed by atoms with Gasteiger partial charge in [-0.15, -0.1) is 0 Å². The molecule has 1 aromatic heterocycles. The smallest absolute Gasteiger partial charge is 0.408 e. The number of halogens is 1. The first kappa shape index (κ1) is 20.0. The number of alkyl carbamates (subject to hydrolysis) is 1. The van der Waals surface area contributed by atoms with Crippen molar-refractivity contribution in [2.45, 2.75) is 39.3 Å². The van der Waals surface area contributed by atoms with Crippen molar-refractivity contribution >= 4 is 28.5 Å². The van der Waals surface area contributed by atoms with E-state index in [-0.39, 0.29) is 5.56 Å². The number of ether oxygens (including phenoxy) is 1. The SMILES string of the molecule is C[C@H](OC(=O)NC(C)(C)C)c1cc2cccc(Cl)c2c(=O)n1-c1ccccc1. The average molecular weight is 399 g/mol. The van der Waals surface area contributed by atoms with Crippen LogP contribution in [0.3, 0.4) is 0 Å². The summed E-state index contributed by atoms with van der Waals surface area (Å²) in [6.45, 7) is 7.36. The van der Waals surface area contributed by atoms with E-state index in [9.17, 15) is 9.59 Å². The number of nitrogens with one attached hydrogen (secondary N) is 1. The fourth-order valence-corrected chi connectivity index (χ4v) is 3.30. The Kier molecular flexibility index (Phi) is 5.47. The summed E-state index contributed by atoms with van der Waals surface area (Å²) in [4.78, 5) is 25.6. The highest BCUT2D eigenvalue weighted by atomic mass is 35.5. The molecule has 2 aromatic carbocycles. The monoisotopic (exact) mass is 398 g/mol. The van der Waals surface area contributed by atoms with E-state index in [1.54, 1.807) is 23.6 Å². The van der Waals surface area contributed by atoms with E-state index in [2.05, 4.69) is 5.32 Å². The number of hydrogen-bond donors (Lipinski definition) is 1. The minimum atomic E-state index is -0.654. The predicted molar refractivity (Wildman–Crippen MR) is 112 cm³/mol. The molecule has 0 bridgehead atoms. The van der Waals surface area contributed by atoms with Crippen molar-refractivity contribution in [2.75, 3.05) is 0 Å². The van der Waals surface area contributed by atoms with Gasteiger partial charge in [0.25, 0.3) is 5.56 Å². The summed E-state index contributed by atoms with van der Waals surface area (Å²) >= 11 is 6.30. The zero-order chi connectivity index (χ0) is 20.5. The summed E-state index contributed by atoms with van der Waals surface area (Å²) < 4.78 is 7.11. The maximum absolute atomic E-state index is 13.3. The molecule has 1 heterocycles. The van der Waals surface area contributed by atoms with Gasteiger partial charge in [-0.25, -0.2) is 4.79 Å². The molecule has 1 atom stereocenters. The van der Waals surface area contributed by atoms with Gasteiger partial charge < -0.3 is 10.1 Å². The highest BCUT2D eigenvalue weighted by Gasteiger charge is 2.22. The van der Waals surface area contributed by atoms with Crippen molar-refractivity contribution in [3.05, 3.63) is 75.7 Å². The van der Waals surface area contributed by atoms with Crippen LogP contribution in [-0.4, -0.2) is 16.2 Å². The van der Waals surface area contributed by atoms with Crippen LogP contribution in [0.1, 0.15) is 39.5 Å². The molecule has 5 nitrogen and oxygen atoms in total. The summed E-state index contributed by atoms with van der Waals surface area (Å²) in [5.74, 6) is 0. The zero-order valence-corrected chi connectivity index (χ0v) is 17.1. The Balaban J connectivity index is 2.15. The van der Waals surface area contributed by atoms with Gasteiger partial charge in [0, 0.05) is 11.2 Å². The summed E-state index contributed by atoms with van der Waals surface area (Å²) in [5, 5.41) is 4.29. The van der Waals surface area contributed by atoms with Crippen molar-refractivity contribution in [1.82, 2.24) is 9.88 Å². The first-order chi connectivity index (χ1) is 13.2. The van der Waals surface area contributed by atoms with Crippen LogP contribution in [0.5, 0.6) is 0 Å². The second kappa shape index (κ2) is 7.68. The van der Waals surface area contributed by atoms with E-state index in [1.165, 1.54) is 0 Å². The number of nitrogens with zero attached hydrogens (tertiary/aromatic N) is 1. The van der Waals surface area contributed by atoms with Gasteiger partial charge in [-0.1, -0.05) is 41.9 Å². The minimum Gasteiger partial charge on any atom is -0.440 e. The number of carbonyl (C=O) groups excluding carboxylic acids is 1. The molecule has 0 saturated heterocycles.